The largest absolute Gasteiger partial charge is 0.490 e. The molecule has 1 aromatic heterocycles. The summed E-state index contributed by atoms with van der Waals surface area (Å²) in [6, 6.07) is 16.5. The molecule has 2 aromatic carbocycles. The molecule has 0 aliphatic rings. The Kier molecular flexibility index (Phi) is 5.89. The number of hydrogen-bond acceptors (Lipinski definition) is 3. The highest BCUT2D eigenvalue weighted by Gasteiger charge is 2.10. The van der Waals surface area contributed by atoms with Crippen molar-refractivity contribution in [3.8, 4) is 5.75 Å². The van der Waals surface area contributed by atoms with Gasteiger partial charge in [-0.1, -0.05) is 50.2 Å². The van der Waals surface area contributed by atoms with Crippen molar-refractivity contribution in [3.63, 3.8) is 0 Å². The Morgan fingerprint density at radius 1 is 1.04 bits per heavy atom. The maximum absolute atomic E-state index is 6.04. The van der Waals surface area contributed by atoms with E-state index in [1.165, 1.54) is 5.56 Å². The number of ether oxygens (including phenoxy) is 1. The molecule has 132 valence electrons. The molecule has 0 atom stereocenters. The lowest BCUT2D eigenvalue weighted by Gasteiger charge is -2.24. The van der Waals surface area contributed by atoms with Gasteiger partial charge in [-0.15, -0.1) is 0 Å². The van der Waals surface area contributed by atoms with E-state index < -0.39 is 0 Å². The Bertz CT molecular complexity index is 854. The Morgan fingerprint density at radius 2 is 1.84 bits per heavy atom. The number of rotatable bonds is 8. The van der Waals surface area contributed by atoms with Crippen LogP contribution in [-0.2, 0) is 6.54 Å². The van der Waals surface area contributed by atoms with Gasteiger partial charge in [0, 0.05) is 19.6 Å². The minimum absolute atomic E-state index is 0.618. The zero-order valence-electron chi connectivity index (χ0n) is 14.8. The summed E-state index contributed by atoms with van der Waals surface area (Å²) in [5.41, 5.74) is 3.25. The lowest BCUT2D eigenvalue weighted by atomic mass is 10.1. The molecule has 0 radical (unpaired) electrons. The van der Waals surface area contributed by atoms with Crippen LogP contribution in [0.1, 0.15) is 19.4 Å². The lowest BCUT2D eigenvalue weighted by Crippen LogP contribution is -2.31. The predicted octanol–water partition coefficient (Wildman–Crippen LogP) is 4.76. The summed E-state index contributed by atoms with van der Waals surface area (Å²) in [6.45, 7) is 8.02. The molecule has 0 aliphatic carbocycles. The molecular formula is C20H25N3OS. The topological polar surface area (TPSA) is 44.0 Å². The number of fused-ring (bicyclic) bond motifs is 1. The van der Waals surface area contributed by atoms with Crippen LogP contribution in [0.2, 0.25) is 0 Å². The number of aromatic nitrogens is 2. The fourth-order valence-electron chi connectivity index (χ4n) is 3.03. The third-order valence-electron chi connectivity index (χ3n) is 4.05. The molecule has 5 heteroatoms. The van der Waals surface area contributed by atoms with Gasteiger partial charge in [0.2, 0.25) is 0 Å². The third kappa shape index (κ3) is 4.94. The van der Waals surface area contributed by atoms with Crippen molar-refractivity contribution >= 4 is 23.3 Å². The third-order valence-corrected chi connectivity index (χ3v) is 4.25. The maximum Gasteiger partial charge on any atom is 0.175 e. The van der Waals surface area contributed by atoms with Crippen LogP contribution in [0.25, 0.3) is 11.0 Å². The van der Waals surface area contributed by atoms with Crippen molar-refractivity contribution in [1.29, 1.82) is 0 Å². The number of nitrogens with one attached hydrogen (secondary N) is 2. The second kappa shape index (κ2) is 8.32. The van der Waals surface area contributed by atoms with Gasteiger partial charge in [-0.25, -0.2) is 0 Å². The van der Waals surface area contributed by atoms with Gasteiger partial charge in [0.1, 0.15) is 17.9 Å². The summed E-state index contributed by atoms with van der Waals surface area (Å²) in [5, 5.41) is 0. The van der Waals surface area contributed by atoms with E-state index in [1.807, 2.05) is 18.2 Å². The van der Waals surface area contributed by atoms with E-state index in [1.54, 1.807) is 0 Å². The Balaban J connectivity index is 1.63. The highest BCUT2D eigenvalue weighted by molar-refractivity contribution is 7.71. The molecule has 2 N–H and O–H groups in total. The minimum atomic E-state index is 0.618. The highest BCUT2D eigenvalue weighted by atomic mass is 32.1. The van der Waals surface area contributed by atoms with Gasteiger partial charge >= 0.3 is 0 Å². The van der Waals surface area contributed by atoms with Gasteiger partial charge in [0.05, 0.1) is 5.52 Å². The normalized spacial score (nSPS) is 11.5. The predicted molar refractivity (Wildman–Crippen MR) is 106 cm³/mol. The zero-order chi connectivity index (χ0) is 17.6. The maximum atomic E-state index is 6.04. The molecule has 0 unspecified atom stereocenters. The number of imidazole rings is 1. The fourth-order valence-corrected chi connectivity index (χ4v) is 3.24. The van der Waals surface area contributed by atoms with E-state index in [0.717, 1.165) is 36.4 Å². The van der Waals surface area contributed by atoms with Gasteiger partial charge < -0.3 is 14.7 Å². The van der Waals surface area contributed by atoms with Gasteiger partial charge in [0.25, 0.3) is 0 Å². The van der Waals surface area contributed by atoms with Gasteiger partial charge in [-0.3, -0.25) is 4.90 Å². The summed E-state index contributed by atoms with van der Waals surface area (Å²) in [4.78, 5) is 8.73. The first-order valence-corrected chi connectivity index (χ1v) is 9.13. The van der Waals surface area contributed by atoms with Gasteiger partial charge in [0.15, 0.2) is 4.77 Å². The van der Waals surface area contributed by atoms with Crippen LogP contribution in [-0.4, -0.2) is 34.6 Å². The van der Waals surface area contributed by atoms with Crippen LogP contribution < -0.4 is 4.74 Å². The molecule has 25 heavy (non-hydrogen) atoms. The van der Waals surface area contributed by atoms with Crippen LogP contribution in [0.4, 0.5) is 0 Å². The Morgan fingerprint density at radius 3 is 2.60 bits per heavy atom. The Hall–Kier alpha value is -2.11. The van der Waals surface area contributed by atoms with E-state index in [9.17, 15) is 0 Å². The molecule has 0 bridgehead atoms. The number of para-hydroxylation sites is 1. The Labute approximate surface area is 153 Å². The van der Waals surface area contributed by atoms with Crippen LogP contribution >= 0.6 is 12.2 Å². The van der Waals surface area contributed by atoms with Crippen LogP contribution in [0.5, 0.6) is 5.75 Å². The molecule has 0 aliphatic heterocycles. The number of nitrogens with zero attached hydrogens (tertiary/aromatic N) is 1. The SMILES string of the molecule is CC(C)CN(CCOc1cccc2[nH]c(=S)[nH]c12)Cc1ccccc1. The summed E-state index contributed by atoms with van der Waals surface area (Å²) in [6.07, 6.45) is 0. The molecule has 3 aromatic rings. The summed E-state index contributed by atoms with van der Waals surface area (Å²) in [7, 11) is 0. The van der Waals surface area contributed by atoms with Crippen molar-refractivity contribution in [2.45, 2.75) is 20.4 Å². The highest BCUT2D eigenvalue weighted by Crippen LogP contribution is 2.22. The summed E-state index contributed by atoms with van der Waals surface area (Å²) < 4.78 is 6.66. The van der Waals surface area contributed by atoms with Crippen molar-refractivity contribution in [2.75, 3.05) is 19.7 Å². The van der Waals surface area contributed by atoms with Gasteiger partial charge in [-0.2, -0.15) is 0 Å². The summed E-state index contributed by atoms with van der Waals surface area (Å²) >= 11 is 5.17. The molecule has 0 saturated carbocycles. The molecular weight excluding hydrogens is 330 g/mol. The number of benzene rings is 2. The average molecular weight is 356 g/mol. The van der Waals surface area contributed by atoms with Crippen LogP contribution in [0.3, 0.4) is 0 Å². The smallest absolute Gasteiger partial charge is 0.175 e. The average Bonchev–Trinajstić information content (AvgIpc) is 2.96. The van der Waals surface area contributed by atoms with E-state index in [0.29, 0.717) is 17.3 Å². The second-order valence-corrected chi connectivity index (χ2v) is 7.13. The van der Waals surface area contributed by atoms with E-state index in [4.69, 9.17) is 17.0 Å². The molecule has 4 nitrogen and oxygen atoms in total. The molecule has 1 heterocycles. The van der Waals surface area contributed by atoms with E-state index in [2.05, 4.69) is 59.0 Å². The fraction of sp³-hybridized carbons (Fsp3) is 0.350. The molecule has 0 spiro atoms. The van der Waals surface area contributed by atoms with Crippen LogP contribution in [0, 0.1) is 10.7 Å². The molecule has 0 amide bonds. The second-order valence-electron chi connectivity index (χ2n) is 6.72. The van der Waals surface area contributed by atoms with Gasteiger partial charge in [-0.05, 0) is 35.8 Å². The first kappa shape index (κ1) is 17.7. The van der Waals surface area contributed by atoms with Crippen LogP contribution in [0.15, 0.2) is 48.5 Å². The van der Waals surface area contributed by atoms with Crippen molar-refractivity contribution in [2.24, 2.45) is 5.92 Å². The number of hydrogen-bond donors (Lipinski definition) is 2. The quantitative estimate of drug-likeness (QED) is 0.573. The number of aromatic amines is 2. The monoisotopic (exact) mass is 355 g/mol. The lowest BCUT2D eigenvalue weighted by molar-refractivity contribution is 0.187. The molecule has 0 fully saturated rings. The van der Waals surface area contributed by atoms with Crippen molar-refractivity contribution in [3.05, 3.63) is 58.9 Å². The van der Waals surface area contributed by atoms with E-state index >= 15 is 0 Å². The van der Waals surface area contributed by atoms with Crippen molar-refractivity contribution in [1.82, 2.24) is 14.9 Å². The number of H-pyrrole nitrogens is 2. The molecule has 3 rings (SSSR count). The van der Waals surface area contributed by atoms with Crippen molar-refractivity contribution < 1.29 is 4.74 Å². The van der Waals surface area contributed by atoms with E-state index in [-0.39, 0.29) is 0 Å². The standard InChI is InChI=1S/C20H25N3OS/c1-15(2)13-23(14-16-7-4-3-5-8-16)11-12-24-18-10-6-9-17-19(18)22-20(25)21-17/h3-10,15H,11-14H2,1-2H3,(H2,21,22,25). The molecule has 0 saturated heterocycles. The summed E-state index contributed by atoms with van der Waals surface area (Å²) in [5.74, 6) is 1.46. The zero-order valence-corrected chi connectivity index (χ0v) is 15.6. The first-order valence-electron chi connectivity index (χ1n) is 8.72. The minimum Gasteiger partial charge on any atom is -0.490 e. The first-order chi connectivity index (χ1) is 12.1.